The Morgan fingerprint density at radius 1 is 1.07 bits per heavy atom. The fraction of sp³-hybridized carbons (Fsp3) is 0.435. The molecule has 2 aromatic carbocycles. The molecule has 1 heterocycles. The number of nitrogens with zero attached hydrogens (tertiary/aromatic N) is 1. The lowest BCUT2D eigenvalue weighted by molar-refractivity contribution is 0.115. The molecular formula is C23H28N2O2. The summed E-state index contributed by atoms with van der Waals surface area (Å²) in [5.41, 5.74) is 2.34. The third-order valence-electron chi connectivity index (χ3n) is 6.10. The van der Waals surface area contributed by atoms with Gasteiger partial charge in [-0.15, -0.1) is 0 Å². The molecule has 1 N–H and O–H groups in total. The van der Waals surface area contributed by atoms with E-state index in [4.69, 9.17) is 4.74 Å². The van der Waals surface area contributed by atoms with Crippen LogP contribution in [-0.2, 0) is 10.2 Å². The van der Waals surface area contributed by atoms with Crippen LogP contribution in [0.1, 0.15) is 30.9 Å². The number of ether oxygens (including phenoxy) is 1. The third kappa shape index (κ3) is 3.86. The number of benzene rings is 2. The highest BCUT2D eigenvalue weighted by atomic mass is 16.5. The standard InChI is InChI=1S/C23H28N2O2/c1-22(19-8-4-2-5-9-19,20-10-6-3-7-11-20)16-24-21(26)25-14-15-27-18-23(17-25)12-13-23/h2-11H,12-18H2,1H3,(H,24,26). The van der Waals surface area contributed by atoms with Gasteiger partial charge in [0.2, 0.25) is 0 Å². The smallest absolute Gasteiger partial charge is 0.317 e. The maximum Gasteiger partial charge on any atom is 0.317 e. The van der Waals surface area contributed by atoms with E-state index >= 15 is 0 Å². The number of carbonyl (C=O) groups excluding carboxylic acids is 1. The SMILES string of the molecule is CC(CNC(=O)N1CCOCC2(CC2)C1)(c1ccccc1)c1ccccc1. The maximum atomic E-state index is 12.9. The van der Waals surface area contributed by atoms with E-state index in [1.807, 2.05) is 17.0 Å². The van der Waals surface area contributed by atoms with Gasteiger partial charge in [-0.05, 0) is 30.9 Å². The van der Waals surface area contributed by atoms with Crippen LogP contribution in [0.2, 0.25) is 0 Å². The van der Waals surface area contributed by atoms with E-state index in [2.05, 4.69) is 60.8 Å². The first-order chi connectivity index (χ1) is 13.1. The van der Waals surface area contributed by atoms with Crippen LogP contribution in [0.25, 0.3) is 0 Å². The molecule has 1 aliphatic carbocycles. The first-order valence-corrected chi connectivity index (χ1v) is 9.83. The van der Waals surface area contributed by atoms with E-state index in [9.17, 15) is 4.79 Å². The number of rotatable bonds is 4. The highest BCUT2D eigenvalue weighted by molar-refractivity contribution is 5.74. The molecule has 1 saturated heterocycles. The molecule has 0 unspecified atom stereocenters. The summed E-state index contributed by atoms with van der Waals surface area (Å²) in [4.78, 5) is 14.9. The van der Waals surface area contributed by atoms with Gasteiger partial charge in [0.15, 0.2) is 0 Å². The number of amides is 2. The highest BCUT2D eigenvalue weighted by Crippen LogP contribution is 2.47. The molecule has 27 heavy (non-hydrogen) atoms. The van der Waals surface area contributed by atoms with Crippen LogP contribution in [0.4, 0.5) is 4.79 Å². The van der Waals surface area contributed by atoms with Crippen LogP contribution in [0.3, 0.4) is 0 Å². The minimum absolute atomic E-state index is 0.0184. The Hall–Kier alpha value is -2.33. The monoisotopic (exact) mass is 364 g/mol. The molecule has 1 aliphatic heterocycles. The van der Waals surface area contributed by atoms with E-state index in [0.717, 1.165) is 13.2 Å². The van der Waals surface area contributed by atoms with Crippen LogP contribution in [0.15, 0.2) is 60.7 Å². The Morgan fingerprint density at radius 3 is 2.22 bits per heavy atom. The zero-order valence-corrected chi connectivity index (χ0v) is 16.0. The molecule has 2 amide bonds. The van der Waals surface area contributed by atoms with Crippen molar-refractivity contribution in [2.45, 2.75) is 25.2 Å². The van der Waals surface area contributed by atoms with Crippen molar-refractivity contribution in [2.75, 3.05) is 32.8 Å². The summed E-state index contributed by atoms with van der Waals surface area (Å²) in [6.45, 7) is 5.66. The Kier molecular flexibility index (Phi) is 4.92. The Bertz CT molecular complexity index is 732. The topological polar surface area (TPSA) is 41.6 Å². The second-order valence-corrected chi connectivity index (χ2v) is 8.20. The van der Waals surface area contributed by atoms with Crippen molar-refractivity contribution in [2.24, 2.45) is 5.41 Å². The number of hydrogen-bond donors (Lipinski definition) is 1. The van der Waals surface area contributed by atoms with E-state index < -0.39 is 0 Å². The van der Waals surface area contributed by atoms with Crippen molar-refractivity contribution in [3.8, 4) is 0 Å². The summed E-state index contributed by atoms with van der Waals surface area (Å²) in [7, 11) is 0. The van der Waals surface area contributed by atoms with E-state index in [1.165, 1.54) is 24.0 Å². The van der Waals surface area contributed by atoms with Gasteiger partial charge >= 0.3 is 6.03 Å². The molecule has 1 spiro atoms. The van der Waals surface area contributed by atoms with E-state index in [0.29, 0.717) is 19.7 Å². The van der Waals surface area contributed by atoms with Crippen molar-refractivity contribution < 1.29 is 9.53 Å². The van der Waals surface area contributed by atoms with Gasteiger partial charge in [-0.2, -0.15) is 0 Å². The molecule has 0 bridgehead atoms. The zero-order valence-electron chi connectivity index (χ0n) is 16.0. The average molecular weight is 364 g/mol. The molecule has 0 atom stereocenters. The largest absolute Gasteiger partial charge is 0.379 e. The average Bonchev–Trinajstić information content (AvgIpc) is 3.52. The van der Waals surface area contributed by atoms with Gasteiger partial charge < -0.3 is 15.0 Å². The Balaban J connectivity index is 1.51. The number of carbonyl (C=O) groups is 1. The minimum atomic E-state index is -0.280. The van der Waals surface area contributed by atoms with Crippen LogP contribution in [-0.4, -0.2) is 43.8 Å². The molecule has 2 aliphatic rings. The molecule has 0 aromatic heterocycles. The molecule has 4 heteroatoms. The van der Waals surface area contributed by atoms with E-state index in [1.54, 1.807) is 0 Å². The third-order valence-corrected chi connectivity index (χ3v) is 6.10. The predicted octanol–water partition coefficient (Wildman–Crippen LogP) is 3.81. The van der Waals surface area contributed by atoms with Crippen LogP contribution >= 0.6 is 0 Å². The van der Waals surface area contributed by atoms with Gasteiger partial charge in [0, 0.05) is 30.5 Å². The Morgan fingerprint density at radius 2 is 1.67 bits per heavy atom. The van der Waals surface area contributed by atoms with Crippen LogP contribution in [0, 0.1) is 5.41 Å². The molecule has 0 radical (unpaired) electrons. The molecular weight excluding hydrogens is 336 g/mol. The van der Waals surface area contributed by atoms with Crippen LogP contribution < -0.4 is 5.32 Å². The lowest BCUT2D eigenvalue weighted by atomic mass is 9.76. The molecule has 4 rings (SSSR count). The highest BCUT2D eigenvalue weighted by Gasteiger charge is 2.46. The van der Waals surface area contributed by atoms with Crippen molar-refractivity contribution >= 4 is 6.03 Å². The van der Waals surface area contributed by atoms with Gasteiger partial charge in [0.25, 0.3) is 0 Å². The summed E-state index contributed by atoms with van der Waals surface area (Å²) < 4.78 is 5.72. The van der Waals surface area contributed by atoms with Crippen molar-refractivity contribution in [3.63, 3.8) is 0 Å². The summed E-state index contributed by atoms with van der Waals surface area (Å²) >= 11 is 0. The fourth-order valence-corrected chi connectivity index (χ4v) is 3.99. The predicted molar refractivity (Wildman–Crippen MR) is 107 cm³/mol. The van der Waals surface area contributed by atoms with Gasteiger partial charge in [-0.3, -0.25) is 0 Å². The normalized spacial score (nSPS) is 18.8. The van der Waals surface area contributed by atoms with Gasteiger partial charge in [0.05, 0.1) is 13.2 Å². The lowest BCUT2D eigenvalue weighted by Crippen LogP contribution is -2.47. The summed E-state index contributed by atoms with van der Waals surface area (Å²) in [6, 6.07) is 20.8. The van der Waals surface area contributed by atoms with Gasteiger partial charge in [-0.25, -0.2) is 4.79 Å². The summed E-state index contributed by atoms with van der Waals surface area (Å²) in [5, 5.41) is 3.21. The first kappa shape index (κ1) is 18.1. The maximum absolute atomic E-state index is 12.9. The second kappa shape index (κ2) is 7.35. The molecule has 1 saturated carbocycles. The van der Waals surface area contributed by atoms with E-state index in [-0.39, 0.29) is 16.9 Å². The van der Waals surface area contributed by atoms with Crippen LogP contribution in [0.5, 0.6) is 0 Å². The second-order valence-electron chi connectivity index (χ2n) is 8.20. The summed E-state index contributed by atoms with van der Waals surface area (Å²) in [5.74, 6) is 0. The molecule has 2 fully saturated rings. The molecule has 4 nitrogen and oxygen atoms in total. The number of hydrogen-bond acceptors (Lipinski definition) is 2. The van der Waals surface area contributed by atoms with Gasteiger partial charge in [-0.1, -0.05) is 60.7 Å². The quantitative estimate of drug-likeness (QED) is 0.896. The lowest BCUT2D eigenvalue weighted by Gasteiger charge is -2.33. The molecule has 142 valence electrons. The zero-order chi connectivity index (χ0) is 18.7. The van der Waals surface area contributed by atoms with Gasteiger partial charge in [0.1, 0.15) is 0 Å². The first-order valence-electron chi connectivity index (χ1n) is 9.83. The van der Waals surface area contributed by atoms with Crippen molar-refractivity contribution in [1.29, 1.82) is 0 Å². The minimum Gasteiger partial charge on any atom is -0.379 e. The number of urea groups is 1. The van der Waals surface area contributed by atoms with Crippen molar-refractivity contribution in [1.82, 2.24) is 10.2 Å². The Labute approximate surface area is 161 Å². The summed E-state index contributed by atoms with van der Waals surface area (Å²) in [6.07, 6.45) is 2.34. The fourth-order valence-electron chi connectivity index (χ4n) is 3.99. The molecule has 2 aromatic rings. The number of nitrogens with one attached hydrogen (secondary N) is 1. The van der Waals surface area contributed by atoms with Crippen molar-refractivity contribution in [3.05, 3.63) is 71.8 Å².